The van der Waals surface area contributed by atoms with Gasteiger partial charge < -0.3 is 4.74 Å². The van der Waals surface area contributed by atoms with Crippen LogP contribution in [0.5, 0.6) is 0 Å². The summed E-state index contributed by atoms with van der Waals surface area (Å²) < 4.78 is 33.0. The lowest BCUT2D eigenvalue weighted by Gasteiger charge is -2.04. The topological polar surface area (TPSA) is 52.6 Å². The molecule has 0 N–H and O–H groups in total. The van der Waals surface area contributed by atoms with Crippen LogP contribution in [-0.2, 0) is 25.5 Å². The molecule has 0 atom stereocenters. The zero-order valence-electron chi connectivity index (χ0n) is 14.0. The van der Waals surface area contributed by atoms with Gasteiger partial charge in [0.1, 0.15) is 0 Å². The van der Waals surface area contributed by atoms with E-state index in [1.807, 2.05) is 6.07 Å². The van der Waals surface area contributed by atoms with Crippen LogP contribution in [-0.4, -0.2) is 34.5 Å². The van der Waals surface area contributed by atoms with Gasteiger partial charge in [-0.3, -0.25) is 4.18 Å². The standard InChI is InChI=1S/C19H20O4S2/c1-25(20,21)23-12-11-22-10-9-15-7-8-18-17(13-15)14-19(24-18)16-5-3-2-4-6-16/h2-8,13-14H,9-12H2,1H3. The van der Waals surface area contributed by atoms with E-state index in [-0.39, 0.29) is 13.2 Å². The van der Waals surface area contributed by atoms with Crippen molar-refractivity contribution in [1.82, 2.24) is 0 Å². The van der Waals surface area contributed by atoms with Crippen LogP contribution in [0.25, 0.3) is 20.5 Å². The lowest BCUT2D eigenvalue weighted by Crippen LogP contribution is -2.10. The molecule has 0 bridgehead atoms. The molecule has 0 saturated carbocycles. The maximum absolute atomic E-state index is 10.8. The quantitative estimate of drug-likeness (QED) is 0.439. The van der Waals surface area contributed by atoms with Crippen molar-refractivity contribution >= 4 is 31.5 Å². The summed E-state index contributed by atoms with van der Waals surface area (Å²) in [6, 6.07) is 19.0. The van der Waals surface area contributed by atoms with Gasteiger partial charge in [0.15, 0.2) is 0 Å². The molecule has 1 aromatic heterocycles. The molecule has 25 heavy (non-hydrogen) atoms. The van der Waals surface area contributed by atoms with Crippen LogP contribution in [0, 0.1) is 0 Å². The smallest absolute Gasteiger partial charge is 0.264 e. The molecule has 1 heterocycles. The Morgan fingerprint density at radius 3 is 2.52 bits per heavy atom. The summed E-state index contributed by atoms with van der Waals surface area (Å²) in [6.07, 6.45) is 1.82. The van der Waals surface area contributed by atoms with Crippen molar-refractivity contribution in [1.29, 1.82) is 0 Å². The zero-order valence-corrected chi connectivity index (χ0v) is 15.6. The molecule has 3 aromatic rings. The third kappa shape index (κ3) is 5.37. The van der Waals surface area contributed by atoms with Crippen LogP contribution in [0.4, 0.5) is 0 Å². The minimum Gasteiger partial charge on any atom is -0.379 e. The van der Waals surface area contributed by atoms with Crippen molar-refractivity contribution in [3.63, 3.8) is 0 Å². The van der Waals surface area contributed by atoms with E-state index >= 15 is 0 Å². The summed E-state index contributed by atoms with van der Waals surface area (Å²) in [7, 11) is -3.39. The van der Waals surface area contributed by atoms with Gasteiger partial charge in [-0.2, -0.15) is 8.42 Å². The molecule has 0 radical (unpaired) electrons. The van der Waals surface area contributed by atoms with E-state index in [1.165, 1.54) is 26.1 Å². The van der Waals surface area contributed by atoms with E-state index in [0.717, 1.165) is 12.7 Å². The highest BCUT2D eigenvalue weighted by Gasteiger charge is 2.05. The van der Waals surface area contributed by atoms with Crippen molar-refractivity contribution in [2.24, 2.45) is 0 Å². The molecule has 0 aliphatic rings. The van der Waals surface area contributed by atoms with E-state index in [9.17, 15) is 8.42 Å². The van der Waals surface area contributed by atoms with Crippen LogP contribution in [0.2, 0.25) is 0 Å². The molecular weight excluding hydrogens is 356 g/mol. The summed E-state index contributed by atoms with van der Waals surface area (Å²) in [6.45, 7) is 0.864. The number of thiophene rings is 1. The van der Waals surface area contributed by atoms with Crippen molar-refractivity contribution < 1.29 is 17.3 Å². The van der Waals surface area contributed by atoms with Gasteiger partial charge in [0, 0.05) is 9.58 Å². The SMILES string of the molecule is CS(=O)(=O)OCCOCCc1ccc2sc(-c3ccccc3)cc2c1. The average Bonchev–Trinajstić information content (AvgIpc) is 3.01. The maximum Gasteiger partial charge on any atom is 0.264 e. The third-order valence-electron chi connectivity index (χ3n) is 3.70. The highest BCUT2D eigenvalue weighted by molar-refractivity contribution is 7.85. The number of hydrogen-bond acceptors (Lipinski definition) is 5. The largest absolute Gasteiger partial charge is 0.379 e. The molecule has 6 heteroatoms. The Hall–Kier alpha value is -1.73. The van der Waals surface area contributed by atoms with E-state index < -0.39 is 10.1 Å². The second kappa shape index (κ2) is 8.10. The highest BCUT2D eigenvalue weighted by Crippen LogP contribution is 2.33. The van der Waals surface area contributed by atoms with Gasteiger partial charge in [0.25, 0.3) is 10.1 Å². The maximum atomic E-state index is 10.8. The number of ether oxygens (including phenoxy) is 1. The van der Waals surface area contributed by atoms with Crippen LogP contribution in [0.1, 0.15) is 5.56 Å². The molecule has 0 spiro atoms. The summed E-state index contributed by atoms with van der Waals surface area (Å²) >= 11 is 1.79. The minimum absolute atomic E-state index is 0.0584. The normalized spacial score (nSPS) is 11.9. The predicted molar refractivity (Wildman–Crippen MR) is 103 cm³/mol. The molecule has 132 valence electrons. The van der Waals surface area contributed by atoms with Gasteiger partial charge in [-0.15, -0.1) is 11.3 Å². The third-order valence-corrected chi connectivity index (χ3v) is 5.46. The molecule has 0 aliphatic carbocycles. The number of fused-ring (bicyclic) bond motifs is 1. The number of rotatable bonds is 8. The van der Waals surface area contributed by atoms with Gasteiger partial charge in [0.05, 0.1) is 26.1 Å². The van der Waals surface area contributed by atoms with Gasteiger partial charge >= 0.3 is 0 Å². The summed E-state index contributed by atoms with van der Waals surface area (Å²) in [5, 5.41) is 1.24. The molecule has 3 rings (SSSR count). The van der Waals surface area contributed by atoms with Crippen LogP contribution in [0.15, 0.2) is 54.6 Å². The first-order valence-corrected chi connectivity index (χ1v) is 10.6. The van der Waals surface area contributed by atoms with Crippen molar-refractivity contribution in [3.05, 3.63) is 60.2 Å². The molecule has 0 saturated heterocycles. The fraction of sp³-hybridized carbons (Fsp3) is 0.263. The van der Waals surface area contributed by atoms with Gasteiger partial charge in [-0.1, -0.05) is 42.5 Å². The summed E-state index contributed by atoms with van der Waals surface area (Å²) in [5.41, 5.74) is 2.44. The van der Waals surface area contributed by atoms with Gasteiger partial charge in [-0.25, -0.2) is 0 Å². The fourth-order valence-electron chi connectivity index (χ4n) is 2.53. The lowest BCUT2D eigenvalue weighted by atomic mass is 10.1. The number of benzene rings is 2. The Morgan fingerprint density at radius 2 is 1.76 bits per heavy atom. The molecule has 0 amide bonds. The highest BCUT2D eigenvalue weighted by atomic mass is 32.2. The van der Waals surface area contributed by atoms with Crippen LogP contribution in [0.3, 0.4) is 0 Å². The summed E-state index contributed by atoms with van der Waals surface area (Å²) in [5.74, 6) is 0. The zero-order chi connectivity index (χ0) is 17.7. The Labute approximate surface area is 152 Å². The lowest BCUT2D eigenvalue weighted by molar-refractivity contribution is 0.105. The van der Waals surface area contributed by atoms with Crippen molar-refractivity contribution in [2.75, 3.05) is 26.1 Å². The molecule has 0 fully saturated rings. The van der Waals surface area contributed by atoms with Crippen LogP contribution >= 0.6 is 11.3 Å². The van der Waals surface area contributed by atoms with E-state index in [4.69, 9.17) is 4.74 Å². The fourth-order valence-corrected chi connectivity index (χ4v) is 3.95. The Bertz CT molecular complexity index is 930. The molecule has 0 unspecified atom stereocenters. The summed E-state index contributed by atoms with van der Waals surface area (Å²) in [4.78, 5) is 1.27. The second-order valence-electron chi connectivity index (χ2n) is 5.74. The first-order valence-electron chi connectivity index (χ1n) is 8.01. The first kappa shape index (κ1) is 18.1. The minimum atomic E-state index is -3.39. The molecule has 4 nitrogen and oxygen atoms in total. The van der Waals surface area contributed by atoms with Gasteiger partial charge in [0.2, 0.25) is 0 Å². The van der Waals surface area contributed by atoms with E-state index in [1.54, 1.807) is 11.3 Å². The second-order valence-corrected chi connectivity index (χ2v) is 8.47. The Morgan fingerprint density at radius 1 is 0.960 bits per heavy atom. The Kier molecular flexibility index (Phi) is 5.86. The van der Waals surface area contributed by atoms with Crippen molar-refractivity contribution in [2.45, 2.75) is 6.42 Å². The molecule has 2 aromatic carbocycles. The van der Waals surface area contributed by atoms with Crippen molar-refractivity contribution in [3.8, 4) is 10.4 Å². The van der Waals surface area contributed by atoms with Crippen LogP contribution < -0.4 is 0 Å². The molecular formula is C19H20O4S2. The monoisotopic (exact) mass is 376 g/mol. The molecule has 0 aliphatic heterocycles. The predicted octanol–water partition coefficient (Wildman–Crippen LogP) is 4.10. The first-order chi connectivity index (χ1) is 12.0. The average molecular weight is 376 g/mol. The number of hydrogen-bond donors (Lipinski definition) is 0. The van der Waals surface area contributed by atoms with E-state index in [2.05, 4.69) is 52.7 Å². The Balaban J connectivity index is 1.56. The van der Waals surface area contributed by atoms with E-state index in [0.29, 0.717) is 6.61 Å². The van der Waals surface area contributed by atoms with Gasteiger partial charge in [-0.05, 0) is 35.1 Å².